The first-order valence-electron chi connectivity index (χ1n) is 10.5. The van der Waals surface area contributed by atoms with Crippen LogP contribution in [-0.4, -0.2) is 51.1 Å². The number of benzene rings is 1. The van der Waals surface area contributed by atoms with Crippen LogP contribution in [-0.2, 0) is 10.2 Å². The summed E-state index contributed by atoms with van der Waals surface area (Å²) in [5.41, 5.74) is -0.233. The van der Waals surface area contributed by atoms with E-state index in [0.717, 1.165) is 12.8 Å². The molecule has 1 saturated carbocycles. The van der Waals surface area contributed by atoms with Crippen LogP contribution in [0.3, 0.4) is 0 Å². The van der Waals surface area contributed by atoms with E-state index in [9.17, 15) is 18.0 Å². The van der Waals surface area contributed by atoms with E-state index in [1.165, 1.54) is 17.1 Å². The Balaban J connectivity index is 1.25. The average Bonchev–Trinajstić information content (AvgIpc) is 3.42. The van der Waals surface area contributed by atoms with Crippen LogP contribution in [0.25, 0.3) is 0 Å². The number of carbonyl (C=O) groups excluding carboxylic acids is 1. The van der Waals surface area contributed by atoms with Gasteiger partial charge in [-0.25, -0.2) is 17.9 Å². The van der Waals surface area contributed by atoms with Crippen LogP contribution in [0.2, 0.25) is 0 Å². The van der Waals surface area contributed by atoms with E-state index in [0.29, 0.717) is 37.4 Å². The van der Waals surface area contributed by atoms with Crippen molar-refractivity contribution in [3.05, 3.63) is 42.0 Å². The van der Waals surface area contributed by atoms with Gasteiger partial charge in [0, 0.05) is 24.7 Å². The first kappa shape index (κ1) is 19.4. The Labute approximate surface area is 172 Å². The van der Waals surface area contributed by atoms with Gasteiger partial charge in [0.1, 0.15) is 18.2 Å². The molecule has 2 atom stereocenters. The van der Waals surface area contributed by atoms with Crippen LogP contribution in [0.15, 0.2) is 30.6 Å². The number of halogens is 3. The van der Waals surface area contributed by atoms with Crippen LogP contribution in [0.1, 0.15) is 43.7 Å². The fourth-order valence-corrected chi connectivity index (χ4v) is 5.08. The predicted octanol–water partition coefficient (Wildman–Crippen LogP) is 3.38. The van der Waals surface area contributed by atoms with Crippen molar-refractivity contribution in [3.8, 4) is 0 Å². The molecular formula is C21H24F3N5O. The summed E-state index contributed by atoms with van der Waals surface area (Å²) in [7, 11) is 0. The highest BCUT2D eigenvalue weighted by Gasteiger charge is 2.54. The van der Waals surface area contributed by atoms with Crippen molar-refractivity contribution in [2.24, 2.45) is 5.92 Å². The third-order valence-electron chi connectivity index (χ3n) is 6.93. The Morgan fingerprint density at radius 3 is 2.60 bits per heavy atom. The average molecular weight is 419 g/mol. The summed E-state index contributed by atoms with van der Waals surface area (Å²) in [6.07, 6.45) is 1.85. The zero-order valence-electron chi connectivity index (χ0n) is 16.5. The molecule has 0 unspecified atom stereocenters. The SMILES string of the molecule is O=C(N1CCC([C@@H]2C[C@H](C(F)F)n3ncnc3N2)CC1)C1(c2ccccc2F)CC1. The number of hydrogen-bond donors (Lipinski definition) is 1. The van der Waals surface area contributed by atoms with E-state index < -0.39 is 17.9 Å². The molecular weight excluding hydrogens is 395 g/mol. The standard InChI is InChI=1S/C21H24F3N5O/c22-15-4-2-1-3-14(15)21(7-8-21)19(30)28-9-5-13(6-10-28)16-11-17(18(23)24)29-20(27-16)25-12-26-29/h1-4,12-13,16-18H,5-11H2,(H,25,26,27)/t16-,17+/m0/s1. The van der Waals surface area contributed by atoms with Crippen molar-refractivity contribution >= 4 is 11.9 Å². The molecule has 1 aromatic carbocycles. The summed E-state index contributed by atoms with van der Waals surface area (Å²) in [4.78, 5) is 19.1. The minimum Gasteiger partial charge on any atom is -0.351 e. The van der Waals surface area contributed by atoms with E-state index in [-0.39, 0.29) is 30.1 Å². The number of alkyl halides is 2. The number of nitrogens with zero attached hydrogens (tertiary/aromatic N) is 4. The van der Waals surface area contributed by atoms with Gasteiger partial charge in [0.2, 0.25) is 11.9 Å². The number of carbonyl (C=O) groups is 1. The van der Waals surface area contributed by atoms with Crippen molar-refractivity contribution < 1.29 is 18.0 Å². The molecule has 0 radical (unpaired) electrons. The lowest BCUT2D eigenvalue weighted by molar-refractivity contribution is -0.135. The molecule has 9 heteroatoms. The zero-order chi connectivity index (χ0) is 20.9. The van der Waals surface area contributed by atoms with Crippen LogP contribution < -0.4 is 5.32 Å². The molecule has 0 spiro atoms. The molecule has 2 aliphatic heterocycles. The highest BCUT2D eigenvalue weighted by atomic mass is 19.3. The quantitative estimate of drug-likeness (QED) is 0.825. The van der Waals surface area contributed by atoms with Gasteiger partial charge in [-0.2, -0.15) is 10.1 Å². The molecule has 3 aliphatic rings. The third-order valence-corrected chi connectivity index (χ3v) is 6.93. The number of nitrogens with one attached hydrogen (secondary N) is 1. The number of likely N-dealkylation sites (tertiary alicyclic amines) is 1. The Hall–Kier alpha value is -2.58. The lowest BCUT2D eigenvalue weighted by Gasteiger charge is -2.40. The van der Waals surface area contributed by atoms with Gasteiger partial charge in [-0.3, -0.25) is 4.79 Å². The molecule has 30 heavy (non-hydrogen) atoms. The molecule has 160 valence electrons. The highest BCUT2D eigenvalue weighted by Crippen LogP contribution is 2.51. The van der Waals surface area contributed by atoms with E-state index in [1.807, 2.05) is 4.90 Å². The molecule has 0 bridgehead atoms. The fraction of sp³-hybridized carbons (Fsp3) is 0.571. The maximum atomic E-state index is 14.3. The Kier molecular flexibility index (Phi) is 4.71. The molecule has 1 N–H and O–H groups in total. The summed E-state index contributed by atoms with van der Waals surface area (Å²) in [6.45, 7) is 1.12. The normalized spacial score (nSPS) is 25.7. The maximum Gasteiger partial charge on any atom is 0.260 e. The largest absolute Gasteiger partial charge is 0.351 e. The molecule has 1 saturated heterocycles. The third kappa shape index (κ3) is 3.15. The second kappa shape index (κ2) is 7.28. The lowest BCUT2D eigenvalue weighted by Crippen LogP contribution is -2.48. The Morgan fingerprint density at radius 1 is 1.20 bits per heavy atom. The molecule has 1 aromatic heterocycles. The number of amides is 1. The summed E-state index contributed by atoms with van der Waals surface area (Å²) >= 11 is 0. The van der Waals surface area contributed by atoms with Crippen molar-refractivity contribution in [2.45, 2.75) is 56.0 Å². The second-order valence-corrected chi connectivity index (χ2v) is 8.61. The lowest BCUT2D eigenvalue weighted by atomic mass is 9.84. The van der Waals surface area contributed by atoms with Crippen molar-refractivity contribution in [1.82, 2.24) is 19.7 Å². The number of piperidine rings is 1. The molecule has 3 heterocycles. The van der Waals surface area contributed by atoms with Crippen LogP contribution in [0, 0.1) is 11.7 Å². The number of rotatable bonds is 4. The Morgan fingerprint density at radius 2 is 1.93 bits per heavy atom. The number of hydrogen-bond acceptors (Lipinski definition) is 4. The summed E-state index contributed by atoms with van der Waals surface area (Å²) in [5, 5.41) is 7.18. The van der Waals surface area contributed by atoms with Crippen LogP contribution >= 0.6 is 0 Å². The summed E-state index contributed by atoms with van der Waals surface area (Å²) in [5.74, 6) is 0.218. The van der Waals surface area contributed by atoms with E-state index in [4.69, 9.17) is 0 Å². The van der Waals surface area contributed by atoms with Crippen molar-refractivity contribution in [2.75, 3.05) is 18.4 Å². The van der Waals surface area contributed by atoms with Crippen molar-refractivity contribution in [3.63, 3.8) is 0 Å². The minimum atomic E-state index is -2.51. The highest BCUT2D eigenvalue weighted by molar-refractivity contribution is 5.91. The monoisotopic (exact) mass is 419 g/mol. The first-order valence-corrected chi connectivity index (χ1v) is 10.5. The first-order chi connectivity index (χ1) is 14.5. The van der Waals surface area contributed by atoms with Gasteiger partial charge < -0.3 is 10.2 Å². The van der Waals surface area contributed by atoms with E-state index in [2.05, 4.69) is 15.4 Å². The summed E-state index contributed by atoms with van der Waals surface area (Å²) in [6, 6.07) is 5.41. The minimum absolute atomic E-state index is 0.00662. The molecule has 2 fully saturated rings. The van der Waals surface area contributed by atoms with Gasteiger partial charge in [0.25, 0.3) is 6.43 Å². The predicted molar refractivity (Wildman–Crippen MR) is 104 cm³/mol. The van der Waals surface area contributed by atoms with Crippen LogP contribution in [0.4, 0.5) is 19.1 Å². The smallest absolute Gasteiger partial charge is 0.260 e. The molecule has 1 aliphatic carbocycles. The van der Waals surface area contributed by atoms with Crippen molar-refractivity contribution in [1.29, 1.82) is 0 Å². The van der Waals surface area contributed by atoms with E-state index in [1.54, 1.807) is 18.2 Å². The maximum absolute atomic E-state index is 14.3. The van der Waals surface area contributed by atoms with Gasteiger partial charge in [0.05, 0.1) is 5.41 Å². The second-order valence-electron chi connectivity index (χ2n) is 8.61. The Bertz CT molecular complexity index is 936. The van der Waals surface area contributed by atoms with Gasteiger partial charge in [0.15, 0.2) is 0 Å². The summed E-state index contributed by atoms with van der Waals surface area (Å²) < 4.78 is 42.6. The fourth-order valence-electron chi connectivity index (χ4n) is 5.08. The molecule has 6 nitrogen and oxygen atoms in total. The van der Waals surface area contributed by atoms with Gasteiger partial charge in [-0.15, -0.1) is 0 Å². The molecule has 5 rings (SSSR count). The molecule has 2 aromatic rings. The zero-order valence-corrected chi connectivity index (χ0v) is 16.5. The topological polar surface area (TPSA) is 63.1 Å². The van der Waals surface area contributed by atoms with Gasteiger partial charge >= 0.3 is 0 Å². The number of anilines is 1. The van der Waals surface area contributed by atoms with E-state index >= 15 is 0 Å². The van der Waals surface area contributed by atoms with Gasteiger partial charge in [-0.05, 0) is 44.1 Å². The van der Waals surface area contributed by atoms with Gasteiger partial charge in [-0.1, -0.05) is 18.2 Å². The number of fused-ring (bicyclic) bond motifs is 1. The number of aromatic nitrogens is 3. The van der Waals surface area contributed by atoms with Crippen LogP contribution in [0.5, 0.6) is 0 Å². The molecule has 1 amide bonds.